The Morgan fingerprint density at radius 3 is 2.50 bits per heavy atom. The molecule has 5 rings (SSSR count). The van der Waals surface area contributed by atoms with Gasteiger partial charge in [0.1, 0.15) is 12.3 Å². The number of anilines is 2. The minimum absolute atomic E-state index is 0.100. The van der Waals surface area contributed by atoms with Crippen LogP contribution in [0, 0.1) is 11.8 Å². The number of nitrogens with zero attached hydrogens (tertiary/aromatic N) is 2. The predicted octanol–water partition coefficient (Wildman–Crippen LogP) is 5.26. The first-order valence-electron chi connectivity index (χ1n) is 14.8. The van der Waals surface area contributed by atoms with Crippen LogP contribution in [0.15, 0.2) is 47.4 Å². The molecule has 1 saturated carbocycles. The predicted molar refractivity (Wildman–Crippen MR) is 166 cm³/mol. The van der Waals surface area contributed by atoms with E-state index in [-0.39, 0.29) is 23.2 Å². The van der Waals surface area contributed by atoms with E-state index in [9.17, 15) is 26.7 Å². The molecule has 0 bridgehead atoms. The molecule has 0 radical (unpaired) electrons. The third kappa shape index (κ3) is 7.62. The van der Waals surface area contributed by atoms with Crippen LogP contribution in [-0.4, -0.2) is 79.9 Å². The van der Waals surface area contributed by atoms with Gasteiger partial charge in [-0.25, -0.2) is 8.42 Å². The number of aromatic nitrogens is 1. The maximum atomic E-state index is 13.6. The van der Waals surface area contributed by atoms with Crippen LogP contribution in [0.25, 0.3) is 10.9 Å². The minimum atomic E-state index is -4.43. The zero-order valence-corrected chi connectivity index (χ0v) is 26.0. The molecule has 1 aliphatic heterocycles. The molecule has 2 aromatic carbocycles. The van der Waals surface area contributed by atoms with Crippen molar-refractivity contribution in [3.8, 4) is 17.6 Å². The number of rotatable bonds is 8. The maximum Gasteiger partial charge on any atom is 0.406 e. The van der Waals surface area contributed by atoms with E-state index in [1.54, 1.807) is 24.3 Å². The summed E-state index contributed by atoms with van der Waals surface area (Å²) in [7, 11) is -1.99. The average molecular weight is 633 g/mol. The number of nitrogens with one attached hydrogen (secondary N) is 2. The Labute approximate surface area is 256 Å². The van der Waals surface area contributed by atoms with Gasteiger partial charge in [0.05, 0.1) is 41.0 Å². The van der Waals surface area contributed by atoms with E-state index in [4.69, 9.17) is 4.74 Å². The summed E-state index contributed by atoms with van der Waals surface area (Å²) in [6.45, 7) is 2.43. The van der Waals surface area contributed by atoms with Gasteiger partial charge in [-0.3, -0.25) is 4.90 Å². The first-order chi connectivity index (χ1) is 20.7. The third-order valence-electron chi connectivity index (χ3n) is 8.52. The van der Waals surface area contributed by atoms with Crippen molar-refractivity contribution in [3.63, 3.8) is 0 Å². The van der Waals surface area contributed by atoms with Gasteiger partial charge in [-0.2, -0.15) is 13.2 Å². The van der Waals surface area contributed by atoms with Crippen molar-refractivity contribution < 1.29 is 31.4 Å². The molecule has 2 aliphatic rings. The topological polar surface area (TPSA) is 95.8 Å². The second-order valence-electron chi connectivity index (χ2n) is 12.1. The van der Waals surface area contributed by atoms with E-state index in [0.717, 1.165) is 50.6 Å². The zero-order chi connectivity index (χ0) is 31.7. The lowest BCUT2D eigenvalue weighted by Gasteiger charge is -2.35. The highest BCUT2D eigenvalue weighted by Crippen LogP contribution is 2.34. The van der Waals surface area contributed by atoms with Crippen molar-refractivity contribution in [1.82, 2.24) is 9.47 Å². The number of hydrogen-bond donors (Lipinski definition) is 3. The molecule has 8 nitrogen and oxygen atoms in total. The fourth-order valence-corrected chi connectivity index (χ4v) is 6.92. The van der Waals surface area contributed by atoms with E-state index in [1.165, 1.54) is 23.8 Å². The summed E-state index contributed by atoms with van der Waals surface area (Å²) in [6, 6.07) is 12.1. The molecule has 44 heavy (non-hydrogen) atoms. The Kier molecular flexibility index (Phi) is 9.12. The second kappa shape index (κ2) is 12.5. The van der Waals surface area contributed by atoms with E-state index in [0.29, 0.717) is 34.9 Å². The second-order valence-corrected chi connectivity index (χ2v) is 14.1. The van der Waals surface area contributed by atoms with Crippen LogP contribution in [0.3, 0.4) is 0 Å². The lowest BCUT2D eigenvalue weighted by molar-refractivity contribution is -0.140. The number of β-amino-alcohol motifs (C(OH)–C–C–N with tert-alkyl or cyclic N) is 1. The molecule has 1 aliphatic carbocycles. The van der Waals surface area contributed by atoms with Crippen molar-refractivity contribution in [2.75, 3.05) is 43.6 Å². The van der Waals surface area contributed by atoms with Gasteiger partial charge in [0.25, 0.3) is 0 Å². The van der Waals surface area contributed by atoms with Gasteiger partial charge in [0.15, 0.2) is 9.84 Å². The molecular weight excluding hydrogens is 593 g/mol. The van der Waals surface area contributed by atoms with Gasteiger partial charge >= 0.3 is 6.18 Å². The summed E-state index contributed by atoms with van der Waals surface area (Å²) in [4.78, 5) is 2.50. The summed E-state index contributed by atoms with van der Waals surface area (Å²) >= 11 is 0. The minimum Gasteiger partial charge on any atom is -0.495 e. The molecule has 3 aromatic rings. The van der Waals surface area contributed by atoms with Crippen LogP contribution in [0.4, 0.5) is 24.5 Å². The third-order valence-corrected chi connectivity index (χ3v) is 9.63. The fraction of sp³-hybridized carbons (Fsp3) is 0.500. The lowest BCUT2D eigenvalue weighted by atomic mass is 9.90. The molecule has 2 heterocycles. The zero-order valence-electron chi connectivity index (χ0n) is 25.2. The number of ether oxygens (including phenoxy) is 1. The number of alkyl halides is 3. The van der Waals surface area contributed by atoms with Crippen LogP contribution in [0.5, 0.6) is 5.75 Å². The molecule has 0 amide bonds. The molecule has 238 valence electrons. The van der Waals surface area contributed by atoms with Crippen molar-refractivity contribution in [1.29, 1.82) is 0 Å². The highest BCUT2D eigenvalue weighted by molar-refractivity contribution is 7.90. The normalized spacial score (nSPS) is 22.9. The lowest BCUT2D eigenvalue weighted by Crippen LogP contribution is -2.41. The molecule has 1 aromatic heterocycles. The van der Waals surface area contributed by atoms with E-state index < -0.39 is 28.2 Å². The van der Waals surface area contributed by atoms with Gasteiger partial charge in [-0.1, -0.05) is 12.0 Å². The first-order valence-corrected chi connectivity index (χ1v) is 16.6. The van der Waals surface area contributed by atoms with Gasteiger partial charge < -0.3 is 25.0 Å². The molecule has 0 spiro atoms. The Morgan fingerprint density at radius 1 is 1.11 bits per heavy atom. The molecule has 1 unspecified atom stereocenters. The van der Waals surface area contributed by atoms with Crippen molar-refractivity contribution in [2.24, 2.45) is 0 Å². The Balaban J connectivity index is 1.32. The fourth-order valence-electron chi connectivity index (χ4n) is 6.28. The summed E-state index contributed by atoms with van der Waals surface area (Å²) in [5.41, 5.74) is 1.38. The Bertz CT molecular complexity index is 1670. The number of benzene rings is 2. The maximum absolute atomic E-state index is 13.6. The van der Waals surface area contributed by atoms with Crippen molar-refractivity contribution >= 4 is 32.1 Å². The quantitative estimate of drug-likeness (QED) is 0.292. The Hall–Kier alpha value is -3.40. The highest BCUT2D eigenvalue weighted by Gasteiger charge is 2.36. The monoisotopic (exact) mass is 632 g/mol. The summed E-state index contributed by atoms with van der Waals surface area (Å²) in [6.07, 6.45) is 1.35. The van der Waals surface area contributed by atoms with Gasteiger partial charge in [-0.15, -0.1) is 0 Å². The molecule has 3 N–H and O–H groups in total. The van der Waals surface area contributed by atoms with Gasteiger partial charge in [0, 0.05) is 48.6 Å². The van der Waals surface area contributed by atoms with E-state index in [2.05, 4.69) is 27.4 Å². The summed E-state index contributed by atoms with van der Waals surface area (Å²) in [5, 5.41) is 17.7. The SMILES string of the molecule is COc1cc(S(C)(=O)=O)ccc1NCC#Cc1cc2c(NC3CCC(N4CCC(C)(O)C4)CC3)cccc2n1CC(F)(F)F. The number of sulfone groups is 1. The number of halogens is 3. The number of hydrogen-bond acceptors (Lipinski definition) is 7. The average Bonchev–Trinajstić information content (AvgIpc) is 3.49. The number of fused-ring (bicyclic) bond motifs is 1. The van der Waals surface area contributed by atoms with Crippen LogP contribution >= 0.6 is 0 Å². The standard InChI is InChI=1S/C32H39F3N4O4S/c1-31(40)15-17-38(20-31)23-11-9-22(10-12-23)37-27-7-4-8-29-26(27)18-24(39(29)21-32(33,34)35)6-5-16-36-28-14-13-25(44(3,41)42)19-30(28)43-2/h4,7-8,13-14,18-19,22-23,36-37,40H,9-12,15-17,20-21H2,1-3H3. The van der Waals surface area contributed by atoms with E-state index >= 15 is 0 Å². The molecular formula is C32H39F3N4O4S. The van der Waals surface area contributed by atoms with Crippen molar-refractivity contribution in [3.05, 3.63) is 48.2 Å². The van der Waals surface area contributed by atoms with Crippen LogP contribution in [-0.2, 0) is 16.4 Å². The van der Waals surface area contributed by atoms with Crippen LogP contribution in [0.1, 0.15) is 44.7 Å². The summed E-state index contributed by atoms with van der Waals surface area (Å²) < 4.78 is 71.2. The Morgan fingerprint density at radius 2 is 1.86 bits per heavy atom. The first kappa shape index (κ1) is 32.0. The molecule has 2 fully saturated rings. The van der Waals surface area contributed by atoms with Crippen molar-refractivity contribution in [2.45, 2.75) is 74.3 Å². The largest absolute Gasteiger partial charge is 0.495 e. The smallest absolute Gasteiger partial charge is 0.406 e. The number of methoxy groups -OCH3 is 1. The van der Waals surface area contributed by atoms with E-state index in [1.807, 2.05) is 13.0 Å². The number of aliphatic hydroxyl groups is 1. The van der Waals surface area contributed by atoms with Crippen LogP contribution < -0.4 is 15.4 Å². The van der Waals surface area contributed by atoms with Gasteiger partial charge in [-0.05, 0) is 75.3 Å². The molecule has 12 heteroatoms. The van der Waals surface area contributed by atoms with Crippen LogP contribution in [0.2, 0.25) is 0 Å². The molecule has 1 saturated heterocycles. The summed E-state index contributed by atoms with van der Waals surface area (Å²) in [5.74, 6) is 6.13. The number of likely N-dealkylation sites (tertiary alicyclic amines) is 1. The highest BCUT2D eigenvalue weighted by atomic mass is 32.2. The molecule has 1 atom stereocenters. The van der Waals surface area contributed by atoms with Gasteiger partial charge in [0.2, 0.25) is 0 Å².